The maximum atomic E-state index is 12.2. The van der Waals surface area contributed by atoms with Gasteiger partial charge >= 0.3 is 0 Å². The fourth-order valence-electron chi connectivity index (χ4n) is 1.71. The van der Waals surface area contributed by atoms with Crippen LogP contribution in [-0.4, -0.2) is 24.9 Å². The summed E-state index contributed by atoms with van der Waals surface area (Å²) in [5.41, 5.74) is 1.41. The second kappa shape index (κ2) is 7.14. The largest absolute Gasteiger partial charge is 0.313 e. The van der Waals surface area contributed by atoms with Gasteiger partial charge in [-0.15, -0.1) is 0 Å². The first kappa shape index (κ1) is 15.4. The number of nitrogens with one attached hydrogen (secondary N) is 2. The number of pyridine rings is 2. The number of anilines is 1. The van der Waals surface area contributed by atoms with E-state index in [-0.39, 0.29) is 5.03 Å². The Labute approximate surface area is 124 Å². The zero-order valence-corrected chi connectivity index (χ0v) is 12.6. The lowest BCUT2D eigenvalue weighted by Crippen LogP contribution is -2.16. The van der Waals surface area contributed by atoms with Gasteiger partial charge in [0.2, 0.25) is 0 Å². The normalized spacial score (nSPS) is 11.3. The minimum absolute atomic E-state index is 0.00134. The van der Waals surface area contributed by atoms with Gasteiger partial charge in [0.15, 0.2) is 5.03 Å². The molecule has 0 saturated heterocycles. The van der Waals surface area contributed by atoms with Gasteiger partial charge in [-0.2, -0.15) is 8.42 Å². The summed E-state index contributed by atoms with van der Waals surface area (Å²) in [6, 6.07) is 6.43. The summed E-state index contributed by atoms with van der Waals surface area (Å²) < 4.78 is 26.8. The van der Waals surface area contributed by atoms with Crippen LogP contribution in [0, 0.1) is 0 Å². The summed E-state index contributed by atoms with van der Waals surface area (Å²) >= 11 is 0. The molecule has 0 bridgehead atoms. The minimum Gasteiger partial charge on any atom is -0.313 e. The van der Waals surface area contributed by atoms with Crippen molar-refractivity contribution in [2.75, 3.05) is 11.3 Å². The van der Waals surface area contributed by atoms with Gasteiger partial charge in [0, 0.05) is 25.1 Å². The van der Waals surface area contributed by atoms with E-state index in [1.54, 1.807) is 24.4 Å². The van der Waals surface area contributed by atoms with E-state index in [1.807, 2.05) is 0 Å². The second-order valence-electron chi connectivity index (χ2n) is 4.52. The third-order valence-corrected chi connectivity index (χ3v) is 4.06. The Balaban J connectivity index is 2.06. The van der Waals surface area contributed by atoms with Gasteiger partial charge in [0.1, 0.15) is 0 Å². The molecule has 0 saturated carbocycles. The van der Waals surface area contributed by atoms with Gasteiger partial charge in [-0.25, -0.2) is 4.98 Å². The molecule has 0 amide bonds. The fraction of sp³-hybridized carbons (Fsp3) is 0.286. The van der Waals surface area contributed by atoms with E-state index in [2.05, 4.69) is 26.9 Å². The van der Waals surface area contributed by atoms with E-state index in [1.165, 1.54) is 18.5 Å². The molecule has 2 aromatic rings. The average molecular weight is 306 g/mol. The van der Waals surface area contributed by atoms with E-state index in [0.717, 1.165) is 18.5 Å². The Bertz CT molecular complexity index is 657. The van der Waals surface area contributed by atoms with Crippen molar-refractivity contribution in [3.05, 3.63) is 48.4 Å². The molecule has 0 unspecified atom stereocenters. The lowest BCUT2D eigenvalue weighted by atomic mass is 10.3. The molecule has 7 heteroatoms. The third-order valence-electron chi connectivity index (χ3n) is 2.76. The van der Waals surface area contributed by atoms with Gasteiger partial charge < -0.3 is 5.32 Å². The van der Waals surface area contributed by atoms with Crippen molar-refractivity contribution in [2.45, 2.75) is 24.9 Å². The SMILES string of the molecule is CCCNCc1ccc(S(=O)(=O)Nc2ccncc2)nc1. The van der Waals surface area contributed by atoms with E-state index < -0.39 is 10.0 Å². The maximum Gasteiger partial charge on any atom is 0.279 e. The number of nitrogens with zero attached hydrogens (tertiary/aromatic N) is 2. The summed E-state index contributed by atoms with van der Waals surface area (Å²) in [7, 11) is -3.66. The zero-order chi connectivity index (χ0) is 15.1. The average Bonchev–Trinajstić information content (AvgIpc) is 2.49. The Hall–Kier alpha value is -1.99. The van der Waals surface area contributed by atoms with E-state index in [9.17, 15) is 8.42 Å². The summed E-state index contributed by atoms with van der Waals surface area (Å²) in [6.45, 7) is 3.69. The summed E-state index contributed by atoms with van der Waals surface area (Å²) in [5.74, 6) is 0. The van der Waals surface area contributed by atoms with E-state index in [4.69, 9.17) is 0 Å². The highest BCUT2D eigenvalue weighted by Crippen LogP contribution is 2.13. The molecule has 2 heterocycles. The highest BCUT2D eigenvalue weighted by molar-refractivity contribution is 7.92. The van der Waals surface area contributed by atoms with Crippen molar-refractivity contribution >= 4 is 15.7 Å². The summed E-state index contributed by atoms with van der Waals surface area (Å²) in [4.78, 5) is 7.86. The van der Waals surface area contributed by atoms with Gasteiger partial charge in [-0.05, 0) is 36.7 Å². The van der Waals surface area contributed by atoms with Gasteiger partial charge in [0.25, 0.3) is 10.0 Å². The first-order chi connectivity index (χ1) is 10.1. The van der Waals surface area contributed by atoms with Crippen molar-refractivity contribution in [1.82, 2.24) is 15.3 Å². The molecule has 0 aliphatic rings. The smallest absolute Gasteiger partial charge is 0.279 e. The molecule has 2 N–H and O–H groups in total. The van der Waals surface area contributed by atoms with Gasteiger partial charge in [0.05, 0.1) is 5.69 Å². The molecule has 6 nitrogen and oxygen atoms in total. The highest BCUT2D eigenvalue weighted by Gasteiger charge is 2.15. The topological polar surface area (TPSA) is 84.0 Å². The lowest BCUT2D eigenvalue weighted by molar-refractivity contribution is 0.597. The van der Waals surface area contributed by atoms with Crippen LogP contribution in [0.4, 0.5) is 5.69 Å². The van der Waals surface area contributed by atoms with Gasteiger partial charge in [-0.1, -0.05) is 13.0 Å². The molecule has 0 radical (unpaired) electrons. The number of rotatable bonds is 7. The number of sulfonamides is 1. The fourth-order valence-corrected chi connectivity index (χ4v) is 2.70. The third kappa shape index (κ3) is 4.51. The van der Waals surface area contributed by atoms with Gasteiger partial charge in [-0.3, -0.25) is 9.71 Å². The molecule has 0 aliphatic heterocycles. The quantitative estimate of drug-likeness (QED) is 0.762. The van der Waals surface area contributed by atoms with Crippen LogP contribution in [0.1, 0.15) is 18.9 Å². The molecule has 0 atom stereocenters. The van der Waals surface area contributed by atoms with Crippen molar-refractivity contribution in [1.29, 1.82) is 0 Å². The van der Waals surface area contributed by atoms with Crippen LogP contribution >= 0.6 is 0 Å². The van der Waals surface area contributed by atoms with Crippen molar-refractivity contribution < 1.29 is 8.42 Å². The molecule has 2 aromatic heterocycles. The molecule has 0 aliphatic carbocycles. The Morgan fingerprint density at radius 2 is 1.90 bits per heavy atom. The second-order valence-corrected chi connectivity index (χ2v) is 6.15. The van der Waals surface area contributed by atoms with Crippen molar-refractivity contribution in [3.63, 3.8) is 0 Å². The lowest BCUT2D eigenvalue weighted by Gasteiger charge is -2.08. The highest BCUT2D eigenvalue weighted by atomic mass is 32.2. The standard InChI is InChI=1S/C14H18N4O2S/c1-2-7-16-10-12-3-4-14(17-11-12)21(19,20)18-13-5-8-15-9-6-13/h3-6,8-9,11,16H,2,7,10H2,1H3,(H,15,18). The zero-order valence-electron chi connectivity index (χ0n) is 11.8. The Morgan fingerprint density at radius 3 is 2.52 bits per heavy atom. The van der Waals surface area contributed by atoms with E-state index in [0.29, 0.717) is 12.2 Å². The van der Waals surface area contributed by atoms with Crippen LogP contribution in [0.5, 0.6) is 0 Å². The molecular weight excluding hydrogens is 288 g/mol. The predicted octanol–water partition coefficient (Wildman–Crippen LogP) is 1.78. The molecule has 0 spiro atoms. The number of aromatic nitrogens is 2. The number of hydrogen-bond donors (Lipinski definition) is 2. The first-order valence-corrected chi connectivity index (χ1v) is 8.18. The molecule has 0 fully saturated rings. The minimum atomic E-state index is -3.66. The molecule has 21 heavy (non-hydrogen) atoms. The summed E-state index contributed by atoms with van der Waals surface area (Å²) in [6.07, 6.45) is 5.67. The van der Waals surface area contributed by atoms with Crippen LogP contribution in [0.15, 0.2) is 47.9 Å². The van der Waals surface area contributed by atoms with Crippen LogP contribution in [0.3, 0.4) is 0 Å². The number of hydrogen-bond acceptors (Lipinski definition) is 5. The van der Waals surface area contributed by atoms with E-state index >= 15 is 0 Å². The summed E-state index contributed by atoms with van der Waals surface area (Å²) in [5, 5.41) is 3.24. The maximum absolute atomic E-state index is 12.2. The van der Waals surface area contributed by atoms with Crippen molar-refractivity contribution in [2.24, 2.45) is 0 Å². The Morgan fingerprint density at radius 1 is 1.14 bits per heavy atom. The Kier molecular flexibility index (Phi) is 5.24. The predicted molar refractivity (Wildman–Crippen MR) is 81.3 cm³/mol. The van der Waals surface area contributed by atoms with Crippen LogP contribution in [-0.2, 0) is 16.6 Å². The molecular formula is C14H18N4O2S. The van der Waals surface area contributed by atoms with Crippen LogP contribution < -0.4 is 10.0 Å². The van der Waals surface area contributed by atoms with Crippen LogP contribution in [0.2, 0.25) is 0 Å². The molecule has 2 rings (SSSR count). The monoisotopic (exact) mass is 306 g/mol. The first-order valence-electron chi connectivity index (χ1n) is 6.70. The van der Waals surface area contributed by atoms with Crippen molar-refractivity contribution in [3.8, 4) is 0 Å². The molecule has 112 valence electrons. The molecule has 0 aromatic carbocycles. The van der Waals surface area contributed by atoms with Crippen LogP contribution in [0.25, 0.3) is 0 Å².